The molecule has 2 fully saturated rings. The number of nitrogens with zero attached hydrogens (tertiary/aromatic N) is 1. The largest absolute Gasteiger partial charge is 0.492 e. The minimum atomic E-state index is -0.865. The van der Waals surface area contributed by atoms with Crippen LogP contribution in [0, 0.1) is 11.8 Å². The number of carbonyl (C=O) groups excluding carboxylic acids is 3. The average molecular weight is 388 g/mol. The van der Waals surface area contributed by atoms with Crippen LogP contribution in [0.4, 0.5) is 10.5 Å². The van der Waals surface area contributed by atoms with Crippen LogP contribution in [-0.2, 0) is 9.59 Å². The lowest BCUT2D eigenvalue weighted by Crippen LogP contribution is -2.52. The van der Waals surface area contributed by atoms with Crippen molar-refractivity contribution in [3.63, 3.8) is 0 Å². The van der Waals surface area contributed by atoms with E-state index in [0.717, 1.165) is 11.3 Å². The Bertz CT molecular complexity index is 739. The Hall–Kier alpha value is -2.61. The molecule has 4 amide bonds. The maximum Gasteiger partial charge on any atom is 0.325 e. The minimum Gasteiger partial charge on any atom is -0.492 e. The van der Waals surface area contributed by atoms with Gasteiger partial charge in [-0.05, 0) is 55.4 Å². The summed E-state index contributed by atoms with van der Waals surface area (Å²) in [6.45, 7) is 4.71. The van der Waals surface area contributed by atoms with Crippen LogP contribution in [0.5, 0.6) is 5.75 Å². The van der Waals surface area contributed by atoms with Crippen molar-refractivity contribution in [2.75, 3.05) is 25.0 Å². The van der Waals surface area contributed by atoms with Gasteiger partial charge in [0.1, 0.15) is 24.4 Å². The van der Waals surface area contributed by atoms with Gasteiger partial charge in [-0.25, -0.2) is 4.79 Å². The molecule has 0 aromatic heterocycles. The predicted octanol–water partition coefficient (Wildman–Crippen LogP) is 1.71. The normalized spacial score (nSPS) is 27.0. The first-order chi connectivity index (χ1) is 13.3. The molecule has 1 heterocycles. The number of urea groups is 1. The Kier molecular flexibility index (Phi) is 5.88. The lowest BCUT2D eigenvalue weighted by molar-refractivity contribution is -0.135. The Morgan fingerprint density at radius 2 is 1.89 bits per heavy atom. The SMILES string of the molecule is CC1CC(C)CC2(C1)NC(=O)N(CC(=O)Nc1ccc(OCCN)cc1)C2=O. The molecule has 1 saturated carbocycles. The first-order valence-corrected chi connectivity index (χ1v) is 9.70. The number of hydrogen-bond acceptors (Lipinski definition) is 5. The van der Waals surface area contributed by atoms with Crippen molar-refractivity contribution < 1.29 is 19.1 Å². The summed E-state index contributed by atoms with van der Waals surface area (Å²) < 4.78 is 5.39. The topological polar surface area (TPSA) is 114 Å². The number of amides is 4. The summed E-state index contributed by atoms with van der Waals surface area (Å²) in [7, 11) is 0. The van der Waals surface area contributed by atoms with Crippen molar-refractivity contribution in [1.29, 1.82) is 0 Å². The molecule has 1 aliphatic carbocycles. The number of benzene rings is 1. The smallest absolute Gasteiger partial charge is 0.325 e. The van der Waals surface area contributed by atoms with E-state index in [2.05, 4.69) is 24.5 Å². The zero-order valence-corrected chi connectivity index (χ0v) is 16.4. The standard InChI is InChI=1S/C20H28N4O4/c1-13-9-14(2)11-20(10-13)18(26)24(19(27)23-20)12-17(25)22-15-3-5-16(6-4-15)28-8-7-21/h3-6,13-14H,7-12,21H2,1-2H3,(H,22,25)(H,23,27). The van der Waals surface area contributed by atoms with E-state index in [1.54, 1.807) is 24.3 Å². The van der Waals surface area contributed by atoms with Crippen LogP contribution in [0.2, 0.25) is 0 Å². The summed E-state index contributed by atoms with van der Waals surface area (Å²) in [6.07, 6.45) is 2.27. The highest BCUT2D eigenvalue weighted by Crippen LogP contribution is 2.39. The number of carbonyl (C=O) groups is 3. The van der Waals surface area contributed by atoms with Crippen molar-refractivity contribution in [3.8, 4) is 5.75 Å². The van der Waals surface area contributed by atoms with Crippen molar-refractivity contribution in [2.24, 2.45) is 17.6 Å². The molecule has 28 heavy (non-hydrogen) atoms. The van der Waals surface area contributed by atoms with Gasteiger partial charge in [0.05, 0.1) is 0 Å². The third-order valence-corrected chi connectivity index (χ3v) is 5.27. The molecule has 8 heteroatoms. The second-order valence-corrected chi connectivity index (χ2v) is 7.97. The molecule has 1 aliphatic heterocycles. The maximum atomic E-state index is 13.0. The van der Waals surface area contributed by atoms with Crippen LogP contribution in [-0.4, -0.2) is 48.0 Å². The van der Waals surface area contributed by atoms with Crippen molar-refractivity contribution in [1.82, 2.24) is 10.2 Å². The number of nitrogens with two attached hydrogens (primary N) is 1. The van der Waals surface area contributed by atoms with E-state index < -0.39 is 17.5 Å². The van der Waals surface area contributed by atoms with Crippen LogP contribution in [0.3, 0.4) is 0 Å². The van der Waals surface area contributed by atoms with Crippen LogP contribution in [0.15, 0.2) is 24.3 Å². The van der Waals surface area contributed by atoms with E-state index in [1.807, 2.05) is 0 Å². The lowest BCUT2D eigenvalue weighted by Gasteiger charge is -2.37. The third kappa shape index (κ3) is 4.27. The van der Waals surface area contributed by atoms with Gasteiger partial charge in [0, 0.05) is 12.2 Å². The molecule has 4 N–H and O–H groups in total. The summed E-state index contributed by atoms with van der Waals surface area (Å²) in [4.78, 5) is 38.8. The second kappa shape index (κ2) is 8.18. The number of anilines is 1. The molecule has 1 spiro atoms. The minimum absolute atomic E-state index is 0.295. The zero-order chi connectivity index (χ0) is 20.3. The molecule has 1 aromatic carbocycles. The van der Waals surface area contributed by atoms with Gasteiger partial charge in [0.25, 0.3) is 5.91 Å². The first-order valence-electron chi connectivity index (χ1n) is 9.70. The van der Waals surface area contributed by atoms with Crippen LogP contribution < -0.4 is 21.1 Å². The zero-order valence-electron chi connectivity index (χ0n) is 16.4. The van der Waals surface area contributed by atoms with E-state index in [9.17, 15) is 14.4 Å². The molecule has 152 valence electrons. The number of ether oxygens (including phenoxy) is 1. The van der Waals surface area contributed by atoms with Crippen molar-refractivity contribution in [3.05, 3.63) is 24.3 Å². The fraction of sp³-hybridized carbons (Fsp3) is 0.550. The summed E-state index contributed by atoms with van der Waals surface area (Å²) in [5.41, 5.74) is 5.09. The van der Waals surface area contributed by atoms with Crippen molar-refractivity contribution in [2.45, 2.75) is 38.6 Å². The molecule has 0 bridgehead atoms. The van der Waals surface area contributed by atoms with Gasteiger partial charge in [-0.2, -0.15) is 0 Å². The van der Waals surface area contributed by atoms with Gasteiger partial charge < -0.3 is 21.1 Å². The summed E-state index contributed by atoms with van der Waals surface area (Å²) in [5, 5.41) is 5.57. The number of imide groups is 1. The molecule has 0 radical (unpaired) electrons. The third-order valence-electron chi connectivity index (χ3n) is 5.27. The molecule has 1 saturated heterocycles. The summed E-state index contributed by atoms with van der Waals surface area (Å²) in [6, 6.07) is 6.34. The Morgan fingerprint density at radius 3 is 2.50 bits per heavy atom. The number of nitrogens with one attached hydrogen (secondary N) is 2. The van der Waals surface area contributed by atoms with E-state index in [-0.39, 0.29) is 12.5 Å². The van der Waals surface area contributed by atoms with Gasteiger partial charge in [-0.15, -0.1) is 0 Å². The van der Waals surface area contributed by atoms with E-state index in [4.69, 9.17) is 10.5 Å². The first kappa shape index (κ1) is 20.1. The van der Waals surface area contributed by atoms with Crippen LogP contribution >= 0.6 is 0 Å². The predicted molar refractivity (Wildman–Crippen MR) is 105 cm³/mol. The molecule has 2 unspecified atom stereocenters. The second-order valence-electron chi connectivity index (χ2n) is 7.97. The number of hydrogen-bond donors (Lipinski definition) is 3. The molecule has 1 aromatic rings. The van der Waals surface area contributed by atoms with Gasteiger partial charge in [-0.1, -0.05) is 13.8 Å². The van der Waals surface area contributed by atoms with Crippen LogP contribution in [0.1, 0.15) is 33.1 Å². The fourth-order valence-electron chi connectivity index (χ4n) is 4.38. The highest BCUT2D eigenvalue weighted by molar-refractivity contribution is 6.10. The maximum absolute atomic E-state index is 13.0. The highest BCUT2D eigenvalue weighted by atomic mass is 16.5. The fourth-order valence-corrected chi connectivity index (χ4v) is 4.38. The Morgan fingerprint density at radius 1 is 1.25 bits per heavy atom. The Balaban J connectivity index is 1.61. The van der Waals surface area contributed by atoms with Gasteiger partial charge in [0.2, 0.25) is 5.91 Å². The van der Waals surface area contributed by atoms with E-state index in [1.165, 1.54) is 0 Å². The van der Waals surface area contributed by atoms with Crippen molar-refractivity contribution >= 4 is 23.5 Å². The molecule has 8 nitrogen and oxygen atoms in total. The number of rotatable bonds is 6. The average Bonchev–Trinajstić information content (AvgIpc) is 2.83. The monoisotopic (exact) mass is 388 g/mol. The van der Waals surface area contributed by atoms with Gasteiger partial charge in [-0.3, -0.25) is 14.5 Å². The quantitative estimate of drug-likeness (QED) is 0.642. The molecule has 2 atom stereocenters. The molecule has 3 rings (SSSR count). The molecular formula is C20H28N4O4. The van der Waals surface area contributed by atoms with E-state index >= 15 is 0 Å². The summed E-state index contributed by atoms with van der Waals surface area (Å²) >= 11 is 0. The molecule has 2 aliphatic rings. The van der Waals surface area contributed by atoms with Gasteiger partial charge in [0.15, 0.2) is 0 Å². The van der Waals surface area contributed by atoms with E-state index in [0.29, 0.717) is 49.3 Å². The highest BCUT2D eigenvalue weighted by Gasteiger charge is 2.54. The van der Waals surface area contributed by atoms with Gasteiger partial charge >= 0.3 is 6.03 Å². The lowest BCUT2D eigenvalue weighted by atomic mass is 9.71. The molecular weight excluding hydrogens is 360 g/mol. The Labute approximate surface area is 164 Å². The van der Waals surface area contributed by atoms with Crippen LogP contribution in [0.25, 0.3) is 0 Å². The summed E-state index contributed by atoms with van der Waals surface area (Å²) in [5.74, 6) is 0.633.